The van der Waals surface area contributed by atoms with Crippen LogP contribution in [-0.4, -0.2) is 5.38 Å². The first-order valence-corrected chi connectivity index (χ1v) is 5.15. The summed E-state index contributed by atoms with van der Waals surface area (Å²) in [6, 6.07) is 0. The lowest BCUT2D eigenvalue weighted by molar-refractivity contribution is 0.342. The zero-order valence-electron chi connectivity index (χ0n) is 7.60. The molecule has 0 bridgehead atoms. The lowest BCUT2D eigenvalue weighted by atomic mass is 9.90. The Morgan fingerprint density at radius 1 is 1.36 bits per heavy atom. The van der Waals surface area contributed by atoms with Crippen molar-refractivity contribution in [2.75, 3.05) is 0 Å². The molecule has 2 fully saturated rings. The molecule has 0 unspecified atom stereocenters. The molecular formula is C10H17Cl. The predicted octanol–water partition coefficient (Wildman–Crippen LogP) is 3.30. The number of rotatable bonds is 1. The predicted molar refractivity (Wildman–Crippen MR) is 48.8 cm³/mol. The molecule has 0 saturated heterocycles. The minimum Gasteiger partial charge on any atom is -0.123 e. The molecular weight excluding hydrogens is 156 g/mol. The van der Waals surface area contributed by atoms with Crippen LogP contribution in [0.5, 0.6) is 0 Å². The molecule has 0 aromatic heterocycles. The molecule has 0 radical (unpaired) electrons. The summed E-state index contributed by atoms with van der Waals surface area (Å²) in [6.07, 6.45) is 2.73. The quantitative estimate of drug-likeness (QED) is 0.533. The van der Waals surface area contributed by atoms with Crippen molar-refractivity contribution in [2.45, 2.75) is 39.0 Å². The molecule has 0 amide bonds. The lowest BCUT2D eigenvalue weighted by Crippen LogP contribution is -2.11. The van der Waals surface area contributed by atoms with Gasteiger partial charge in [-0.05, 0) is 36.0 Å². The van der Waals surface area contributed by atoms with Crippen LogP contribution in [0.3, 0.4) is 0 Å². The van der Waals surface area contributed by atoms with Gasteiger partial charge in [-0.2, -0.15) is 0 Å². The standard InChI is InChI=1S/C10H17Cl/c1-6(2)10-4-8(10)7(3)9(11)5-10/h6-9H,4-5H2,1-3H3/t7-,8+,9+,10-/m0/s1. The second kappa shape index (κ2) is 2.16. The number of alkyl halides is 1. The molecule has 0 N–H and O–H groups in total. The van der Waals surface area contributed by atoms with E-state index in [9.17, 15) is 0 Å². The third kappa shape index (κ3) is 0.884. The summed E-state index contributed by atoms with van der Waals surface area (Å²) in [5.74, 6) is 2.59. The Labute approximate surface area is 74.3 Å². The maximum Gasteiger partial charge on any atom is 0.0370 e. The Bertz CT molecular complexity index is 176. The first-order chi connectivity index (χ1) is 5.08. The second-order valence-corrected chi connectivity index (χ2v) is 5.34. The summed E-state index contributed by atoms with van der Waals surface area (Å²) in [6.45, 7) is 7.02. The van der Waals surface area contributed by atoms with Crippen LogP contribution in [0.25, 0.3) is 0 Å². The Balaban J connectivity index is 2.13. The van der Waals surface area contributed by atoms with Crippen molar-refractivity contribution in [1.82, 2.24) is 0 Å². The van der Waals surface area contributed by atoms with Gasteiger partial charge in [-0.25, -0.2) is 0 Å². The molecule has 0 heterocycles. The van der Waals surface area contributed by atoms with Crippen LogP contribution < -0.4 is 0 Å². The smallest absolute Gasteiger partial charge is 0.0370 e. The van der Waals surface area contributed by atoms with E-state index in [1.807, 2.05) is 0 Å². The van der Waals surface area contributed by atoms with E-state index in [1.54, 1.807) is 0 Å². The summed E-state index contributed by atoms with van der Waals surface area (Å²) in [5.41, 5.74) is 0.672. The third-order valence-corrected chi connectivity index (χ3v) is 4.66. The molecule has 2 rings (SSSR count). The summed E-state index contributed by atoms with van der Waals surface area (Å²) >= 11 is 6.22. The van der Waals surface area contributed by atoms with Gasteiger partial charge in [0.15, 0.2) is 0 Å². The van der Waals surface area contributed by atoms with E-state index >= 15 is 0 Å². The van der Waals surface area contributed by atoms with Gasteiger partial charge in [-0.15, -0.1) is 11.6 Å². The van der Waals surface area contributed by atoms with E-state index in [-0.39, 0.29) is 0 Å². The average Bonchev–Trinajstić information content (AvgIpc) is 2.57. The van der Waals surface area contributed by atoms with Crippen LogP contribution in [0.1, 0.15) is 33.6 Å². The third-order valence-electron chi connectivity index (χ3n) is 4.11. The highest BCUT2D eigenvalue weighted by atomic mass is 35.5. The molecule has 1 heteroatoms. The highest BCUT2D eigenvalue weighted by Gasteiger charge is 2.64. The maximum absolute atomic E-state index is 6.22. The van der Waals surface area contributed by atoms with Gasteiger partial charge >= 0.3 is 0 Å². The minimum absolute atomic E-state index is 0.469. The average molecular weight is 173 g/mol. The topological polar surface area (TPSA) is 0 Å². The fraction of sp³-hybridized carbons (Fsp3) is 1.00. The van der Waals surface area contributed by atoms with E-state index in [2.05, 4.69) is 20.8 Å². The van der Waals surface area contributed by atoms with E-state index in [1.165, 1.54) is 12.8 Å². The first kappa shape index (κ1) is 7.91. The van der Waals surface area contributed by atoms with Gasteiger partial charge in [0.1, 0.15) is 0 Å². The molecule has 0 aromatic rings. The second-order valence-electron chi connectivity index (χ2n) is 4.78. The first-order valence-electron chi connectivity index (χ1n) is 4.72. The molecule has 64 valence electrons. The Morgan fingerprint density at radius 2 is 2.00 bits per heavy atom. The van der Waals surface area contributed by atoms with Crippen molar-refractivity contribution in [1.29, 1.82) is 0 Å². The summed E-state index contributed by atoms with van der Waals surface area (Å²) < 4.78 is 0. The normalized spacial score (nSPS) is 54.8. The van der Waals surface area contributed by atoms with E-state index in [0.717, 1.165) is 17.8 Å². The van der Waals surface area contributed by atoms with Crippen LogP contribution in [0.2, 0.25) is 0 Å². The van der Waals surface area contributed by atoms with Crippen LogP contribution in [0.15, 0.2) is 0 Å². The summed E-state index contributed by atoms with van der Waals surface area (Å²) in [4.78, 5) is 0. The fourth-order valence-corrected chi connectivity index (χ4v) is 3.46. The highest BCUT2D eigenvalue weighted by Crippen LogP contribution is 2.70. The van der Waals surface area contributed by atoms with Gasteiger partial charge in [0.05, 0.1) is 0 Å². The molecule has 11 heavy (non-hydrogen) atoms. The van der Waals surface area contributed by atoms with Gasteiger partial charge in [0, 0.05) is 5.38 Å². The molecule has 2 saturated carbocycles. The fourth-order valence-electron chi connectivity index (χ4n) is 3.00. The van der Waals surface area contributed by atoms with Gasteiger partial charge in [-0.1, -0.05) is 20.8 Å². The van der Waals surface area contributed by atoms with Crippen LogP contribution >= 0.6 is 11.6 Å². The number of fused-ring (bicyclic) bond motifs is 1. The van der Waals surface area contributed by atoms with E-state index < -0.39 is 0 Å². The lowest BCUT2D eigenvalue weighted by Gasteiger charge is -2.17. The van der Waals surface area contributed by atoms with Gasteiger partial charge in [0.25, 0.3) is 0 Å². The molecule has 4 atom stereocenters. The van der Waals surface area contributed by atoms with Crippen molar-refractivity contribution >= 4 is 11.6 Å². The maximum atomic E-state index is 6.22. The SMILES string of the molecule is CC(C)[C@]12C[C@@H](Cl)[C@@H](C)[C@H]1C2. The van der Waals surface area contributed by atoms with Gasteiger partial charge in [0.2, 0.25) is 0 Å². The minimum atomic E-state index is 0.469. The number of halogens is 1. The summed E-state index contributed by atoms with van der Waals surface area (Å²) in [7, 11) is 0. The summed E-state index contributed by atoms with van der Waals surface area (Å²) in [5, 5.41) is 0.469. The number of hydrogen-bond acceptors (Lipinski definition) is 0. The highest BCUT2D eigenvalue weighted by molar-refractivity contribution is 6.21. The van der Waals surface area contributed by atoms with Crippen molar-refractivity contribution in [3.63, 3.8) is 0 Å². The van der Waals surface area contributed by atoms with Crippen molar-refractivity contribution < 1.29 is 0 Å². The molecule has 0 aliphatic heterocycles. The monoisotopic (exact) mass is 172 g/mol. The zero-order chi connectivity index (χ0) is 8.22. The van der Waals surface area contributed by atoms with Gasteiger partial charge < -0.3 is 0 Å². The van der Waals surface area contributed by atoms with Crippen LogP contribution in [-0.2, 0) is 0 Å². The van der Waals surface area contributed by atoms with Crippen molar-refractivity contribution in [2.24, 2.45) is 23.2 Å². The molecule has 2 aliphatic carbocycles. The van der Waals surface area contributed by atoms with E-state index in [0.29, 0.717) is 10.8 Å². The van der Waals surface area contributed by atoms with E-state index in [4.69, 9.17) is 11.6 Å². The Kier molecular flexibility index (Phi) is 1.55. The Hall–Kier alpha value is 0.290. The van der Waals surface area contributed by atoms with Crippen LogP contribution in [0.4, 0.5) is 0 Å². The van der Waals surface area contributed by atoms with Crippen molar-refractivity contribution in [3.8, 4) is 0 Å². The molecule has 2 aliphatic rings. The molecule has 0 spiro atoms. The van der Waals surface area contributed by atoms with Crippen LogP contribution in [0, 0.1) is 23.2 Å². The largest absolute Gasteiger partial charge is 0.123 e. The number of hydrogen-bond donors (Lipinski definition) is 0. The zero-order valence-corrected chi connectivity index (χ0v) is 8.36. The molecule has 0 aromatic carbocycles. The van der Waals surface area contributed by atoms with Crippen molar-refractivity contribution in [3.05, 3.63) is 0 Å². The van der Waals surface area contributed by atoms with Gasteiger partial charge in [-0.3, -0.25) is 0 Å². The molecule has 0 nitrogen and oxygen atoms in total. The Morgan fingerprint density at radius 3 is 2.27 bits per heavy atom.